The van der Waals surface area contributed by atoms with Gasteiger partial charge in [-0.3, -0.25) is 0 Å². The standard InChI is InChI=1S/C14H30O2Si/c1-8-12(5)15-17(11-4,14(7)10-3)16-13(6)9-2/h11-14H,4,8-10H2,1-3,5-7H3. The van der Waals surface area contributed by atoms with Crippen molar-refractivity contribution in [2.45, 2.75) is 78.6 Å². The van der Waals surface area contributed by atoms with Gasteiger partial charge in [-0.25, -0.2) is 0 Å². The molecule has 3 atom stereocenters. The molecule has 102 valence electrons. The van der Waals surface area contributed by atoms with E-state index in [2.05, 4.69) is 48.1 Å². The molecule has 0 aromatic carbocycles. The van der Waals surface area contributed by atoms with Crippen LogP contribution in [-0.4, -0.2) is 20.8 Å². The van der Waals surface area contributed by atoms with Crippen molar-refractivity contribution in [1.82, 2.24) is 0 Å². The monoisotopic (exact) mass is 258 g/mol. The van der Waals surface area contributed by atoms with Crippen LogP contribution in [0.5, 0.6) is 0 Å². The van der Waals surface area contributed by atoms with E-state index in [0.29, 0.717) is 5.54 Å². The van der Waals surface area contributed by atoms with Gasteiger partial charge in [0.15, 0.2) is 0 Å². The van der Waals surface area contributed by atoms with Crippen LogP contribution in [0.1, 0.15) is 60.8 Å². The van der Waals surface area contributed by atoms with Gasteiger partial charge < -0.3 is 8.85 Å². The van der Waals surface area contributed by atoms with Gasteiger partial charge in [0.1, 0.15) is 0 Å². The summed E-state index contributed by atoms with van der Waals surface area (Å²) in [5, 5.41) is 0. The second kappa shape index (κ2) is 8.06. The molecule has 0 N–H and O–H groups in total. The second-order valence-electron chi connectivity index (χ2n) is 4.91. The van der Waals surface area contributed by atoms with Crippen molar-refractivity contribution in [1.29, 1.82) is 0 Å². The van der Waals surface area contributed by atoms with Crippen molar-refractivity contribution in [3.8, 4) is 0 Å². The van der Waals surface area contributed by atoms with Gasteiger partial charge in [-0.1, -0.05) is 34.1 Å². The Morgan fingerprint density at radius 3 is 1.59 bits per heavy atom. The molecule has 3 heteroatoms. The van der Waals surface area contributed by atoms with Crippen molar-refractivity contribution in [3.63, 3.8) is 0 Å². The Morgan fingerprint density at radius 2 is 1.35 bits per heavy atom. The van der Waals surface area contributed by atoms with E-state index < -0.39 is 8.56 Å². The van der Waals surface area contributed by atoms with Gasteiger partial charge in [0.2, 0.25) is 0 Å². The van der Waals surface area contributed by atoms with E-state index in [9.17, 15) is 0 Å². The van der Waals surface area contributed by atoms with E-state index in [1.54, 1.807) is 0 Å². The first kappa shape index (κ1) is 16.9. The van der Waals surface area contributed by atoms with Gasteiger partial charge in [0.25, 0.3) is 0 Å². The minimum atomic E-state index is -2.28. The van der Waals surface area contributed by atoms with Crippen LogP contribution in [-0.2, 0) is 8.85 Å². The fourth-order valence-electron chi connectivity index (χ4n) is 1.64. The molecule has 0 saturated heterocycles. The molecule has 0 aliphatic carbocycles. The van der Waals surface area contributed by atoms with Crippen molar-refractivity contribution >= 4 is 8.56 Å². The lowest BCUT2D eigenvalue weighted by atomic mass is 10.3. The topological polar surface area (TPSA) is 18.5 Å². The highest BCUT2D eigenvalue weighted by molar-refractivity contribution is 6.74. The summed E-state index contributed by atoms with van der Waals surface area (Å²) in [5.74, 6) is 0. The number of rotatable bonds is 9. The lowest BCUT2D eigenvalue weighted by Crippen LogP contribution is -2.48. The predicted molar refractivity (Wildman–Crippen MR) is 77.3 cm³/mol. The second-order valence-corrected chi connectivity index (χ2v) is 8.22. The average Bonchev–Trinajstić information content (AvgIpc) is 2.36. The zero-order valence-electron chi connectivity index (χ0n) is 12.5. The van der Waals surface area contributed by atoms with Crippen LogP contribution in [0.3, 0.4) is 0 Å². The highest BCUT2D eigenvalue weighted by Crippen LogP contribution is 2.31. The number of hydrogen-bond donors (Lipinski definition) is 0. The maximum absolute atomic E-state index is 6.26. The maximum atomic E-state index is 6.26. The van der Waals surface area contributed by atoms with Crippen LogP contribution in [0.2, 0.25) is 5.54 Å². The van der Waals surface area contributed by atoms with Gasteiger partial charge in [-0.05, 0) is 32.4 Å². The van der Waals surface area contributed by atoms with Gasteiger partial charge in [0, 0.05) is 17.7 Å². The zero-order chi connectivity index (χ0) is 13.5. The Kier molecular flexibility index (Phi) is 8.00. The van der Waals surface area contributed by atoms with E-state index in [1.807, 2.05) is 5.70 Å². The summed E-state index contributed by atoms with van der Waals surface area (Å²) in [4.78, 5) is 0. The first-order valence-electron chi connectivity index (χ1n) is 6.94. The summed E-state index contributed by atoms with van der Waals surface area (Å²) >= 11 is 0. The molecular formula is C14H30O2Si. The molecule has 0 aliphatic heterocycles. The van der Waals surface area contributed by atoms with Crippen molar-refractivity contribution in [3.05, 3.63) is 12.3 Å². The first-order valence-corrected chi connectivity index (χ1v) is 8.91. The lowest BCUT2D eigenvalue weighted by molar-refractivity contribution is 0.0890. The Bertz CT molecular complexity index is 206. The summed E-state index contributed by atoms with van der Waals surface area (Å²) in [6.45, 7) is 16.9. The highest BCUT2D eigenvalue weighted by atomic mass is 28.4. The Morgan fingerprint density at radius 1 is 0.941 bits per heavy atom. The fourth-order valence-corrected chi connectivity index (χ4v) is 4.91. The summed E-state index contributed by atoms with van der Waals surface area (Å²) < 4.78 is 12.5. The minimum Gasteiger partial charge on any atom is -0.388 e. The Labute approximate surface area is 109 Å². The molecule has 0 aliphatic rings. The van der Waals surface area contributed by atoms with Crippen LogP contribution in [0.15, 0.2) is 12.3 Å². The SMILES string of the molecule is C=C[Si](OC(C)CC)(OC(C)CC)C(C)CC. The van der Waals surface area contributed by atoms with Gasteiger partial charge >= 0.3 is 8.56 Å². The van der Waals surface area contributed by atoms with E-state index in [1.165, 1.54) is 0 Å². The third-order valence-electron chi connectivity index (χ3n) is 3.50. The summed E-state index contributed by atoms with van der Waals surface area (Å²) in [5.41, 5.74) is 2.42. The first-order chi connectivity index (χ1) is 7.95. The molecule has 0 bridgehead atoms. The largest absolute Gasteiger partial charge is 0.388 e. The predicted octanol–water partition coefficient (Wildman–Crippen LogP) is 4.58. The molecule has 17 heavy (non-hydrogen) atoms. The van der Waals surface area contributed by atoms with E-state index in [-0.39, 0.29) is 12.2 Å². The van der Waals surface area contributed by atoms with Gasteiger partial charge in [0.05, 0.1) is 0 Å². The van der Waals surface area contributed by atoms with Crippen molar-refractivity contribution in [2.75, 3.05) is 0 Å². The smallest absolute Gasteiger partial charge is 0.367 e. The molecule has 0 heterocycles. The third-order valence-corrected chi connectivity index (χ3v) is 7.40. The molecule has 0 aromatic heterocycles. The van der Waals surface area contributed by atoms with E-state index in [0.717, 1.165) is 19.3 Å². The highest BCUT2D eigenvalue weighted by Gasteiger charge is 2.42. The molecule has 0 fully saturated rings. The molecule has 3 unspecified atom stereocenters. The molecule has 0 amide bonds. The van der Waals surface area contributed by atoms with Crippen LogP contribution in [0.25, 0.3) is 0 Å². The molecule has 2 nitrogen and oxygen atoms in total. The summed E-state index contributed by atoms with van der Waals surface area (Å²) in [6.07, 6.45) is 3.60. The third kappa shape index (κ3) is 4.94. The molecule has 0 spiro atoms. The molecule has 0 radical (unpaired) electrons. The molecule has 0 rings (SSSR count). The van der Waals surface area contributed by atoms with E-state index in [4.69, 9.17) is 8.85 Å². The summed E-state index contributed by atoms with van der Waals surface area (Å²) in [7, 11) is -2.28. The normalized spacial score (nSPS) is 20.4. The minimum absolute atomic E-state index is 0.248. The van der Waals surface area contributed by atoms with Crippen LogP contribution in [0.4, 0.5) is 0 Å². The van der Waals surface area contributed by atoms with Crippen molar-refractivity contribution < 1.29 is 8.85 Å². The average molecular weight is 258 g/mol. The van der Waals surface area contributed by atoms with Crippen molar-refractivity contribution in [2.24, 2.45) is 0 Å². The van der Waals surface area contributed by atoms with Crippen LogP contribution < -0.4 is 0 Å². The lowest BCUT2D eigenvalue weighted by Gasteiger charge is -2.37. The van der Waals surface area contributed by atoms with Gasteiger partial charge in [-0.15, -0.1) is 6.58 Å². The number of hydrogen-bond acceptors (Lipinski definition) is 2. The zero-order valence-corrected chi connectivity index (χ0v) is 13.5. The Hall–Kier alpha value is -0.123. The molecule has 0 saturated carbocycles. The summed E-state index contributed by atoms with van der Waals surface area (Å²) in [6, 6.07) is 0. The quantitative estimate of drug-likeness (QED) is 0.563. The van der Waals surface area contributed by atoms with Crippen LogP contribution >= 0.6 is 0 Å². The van der Waals surface area contributed by atoms with Crippen LogP contribution in [0, 0.1) is 0 Å². The fraction of sp³-hybridized carbons (Fsp3) is 0.857. The molecular weight excluding hydrogens is 228 g/mol. The Balaban J connectivity index is 4.93. The molecule has 0 aromatic rings. The van der Waals surface area contributed by atoms with E-state index >= 15 is 0 Å². The van der Waals surface area contributed by atoms with Gasteiger partial charge in [-0.2, -0.15) is 0 Å². The maximum Gasteiger partial charge on any atom is 0.367 e.